The smallest absolute Gasteiger partial charge is 0.258 e. The van der Waals surface area contributed by atoms with Crippen LogP contribution in [0.5, 0.6) is 5.75 Å². The summed E-state index contributed by atoms with van der Waals surface area (Å²) in [5, 5.41) is 3.43. The maximum Gasteiger partial charge on any atom is 0.258 e. The summed E-state index contributed by atoms with van der Waals surface area (Å²) >= 11 is 11.8. The molecule has 0 radical (unpaired) electrons. The van der Waals surface area contributed by atoms with Gasteiger partial charge < -0.3 is 14.5 Å². The minimum Gasteiger partial charge on any atom is -0.482 e. The molecule has 0 fully saturated rings. The van der Waals surface area contributed by atoms with Gasteiger partial charge in [-0.15, -0.1) is 0 Å². The monoisotopic (exact) mass is 313 g/mol. The highest BCUT2D eigenvalue weighted by Crippen LogP contribution is 2.31. The van der Waals surface area contributed by atoms with Crippen LogP contribution in [0.4, 0.5) is 0 Å². The van der Waals surface area contributed by atoms with E-state index >= 15 is 0 Å². The maximum absolute atomic E-state index is 11.8. The van der Waals surface area contributed by atoms with Gasteiger partial charge in [-0.3, -0.25) is 4.79 Å². The predicted molar refractivity (Wildman–Crippen MR) is 77.2 cm³/mol. The van der Waals surface area contributed by atoms with Gasteiger partial charge in [0.05, 0.1) is 17.3 Å². The molecule has 1 amide bonds. The minimum absolute atomic E-state index is 0.148. The van der Waals surface area contributed by atoms with Crippen LogP contribution in [0.15, 0.2) is 41.0 Å². The van der Waals surface area contributed by atoms with Crippen molar-refractivity contribution in [2.75, 3.05) is 6.61 Å². The molecule has 1 atom stereocenters. The highest BCUT2D eigenvalue weighted by atomic mass is 35.5. The third kappa shape index (κ3) is 3.68. The minimum atomic E-state index is -0.273. The van der Waals surface area contributed by atoms with Crippen LogP contribution in [0.3, 0.4) is 0 Å². The summed E-state index contributed by atoms with van der Waals surface area (Å²) in [4.78, 5) is 11.8. The van der Waals surface area contributed by atoms with Gasteiger partial charge in [0.15, 0.2) is 6.61 Å². The van der Waals surface area contributed by atoms with Gasteiger partial charge >= 0.3 is 0 Å². The number of halogens is 2. The van der Waals surface area contributed by atoms with Gasteiger partial charge in [-0.2, -0.15) is 0 Å². The van der Waals surface area contributed by atoms with Crippen molar-refractivity contribution in [3.05, 3.63) is 52.4 Å². The van der Waals surface area contributed by atoms with Gasteiger partial charge in [0, 0.05) is 0 Å². The molecule has 6 heteroatoms. The number of rotatable bonds is 5. The van der Waals surface area contributed by atoms with E-state index in [2.05, 4.69) is 5.32 Å². The van der Waals surface area contributed by atoms with Crippen molar-refractivity contribution in [1.82, 2.24) is 5.32 Å². The Morgan fingerprint density at radius 2 is 2.15 bits per heavy atom. The Bertz CT molecular complexity index is 584. The molecule has 1 aromatic heterocycles. The van der Waals surface area contributed by atoms with Crippen LogP contribution in [0.25, 0.3) is 0 Å². The molecule has 1 aromatic carbocycles. The van der Waals surface area contributed by atoms with Crippen LogP contribution in [0, 0.1) is 0 Å². The lowest BCUT2D eigenvalue weighted by Gasteiger charge is -2.12. The second kappa shape index (κ2) is 6.68. The fraction of sp³-hybridized carbons (Fsp3) is 0.214. The molecule has 2 aromatic rings. The summed E-state index contributed by atoms with van der Waals surface area (Å²) in [5.41, 5.74) is 0. The fourth-order valence-electron chi connectivity index (χ4n) is 1.63. The molecular formula is C14H13Cl2NO3. The van der Waals surface area contributed by atoms with Crippen LogP contribution in [-0.4, -0.2) is 12.5 Å². The topological polar surface area (TPSA) is 51.5 Å². The molecule has 2 rings (SSSR count). The maximum atomic E-state index is 11.8. The van der Waals surface area contributed by atoms with E-state index in [1.807, 2.05) is 6.92 Å². The van der Waals surface area contributed by atoms with E-state index in [0.29, 0.717) is 21.6 Å². The standard InChI is InChI=1S/C14H13Cl2NO3/c1-9(11-6-3-7-19-11)17-13(18)8-20-12-5-2-4-10(15)14(12)16/h2-7,9H,8H2,1H3,(H,17,18)/t9-/m1/s1. The van der Waals surface area contributed by atoms with Gasteiger partial charge in [0.1, 0.15) is 16.5 Å². The van der Waals surface area contributed by atoms with Gasteiger partial charge in [-0.05, 0) is 31.2 Å². The lowest BCUT2D eigenvalue weighted by atomic mass is 10.2. The molecular weight excluding hydrogens is 301 g/mol. The molecule has 0 saturated heterocycles. The Kier molecular flexibility index (Phi) is 4.93. The molecule has 106 valence electrons. The van der Waals surface area contributed by atoms with Crippen molar-refractivity contribution < 1.29 is 13.9 Å². The van der Waals surface area contributed by atoms with Crippen molar-refractivity contribution in [3.63, 3.8) is 0 Å². The zero-order valence-electron chi connectivity index (χ0n) is 10.7. The molecule has 0 aliphatic carbocycles. The second-order valence-corrected chi connectivity index (χ2v) is 4.93. The third-order valence-electron chi connectivity index (χ3n) is 2.62. The first kappa shape index (κ1) is 14.8. The van der Waals surface area contributed by atoms with Crippen LogP contribution >= 0.6 is 23.2 Å². The number of amides is 1. The largest absolute Gasteiger partial charge is 0.482 e. The molecule has 1 heterocycles. The van der Waals surface area contributed by atoms with Crippen molar-refractivity contribution in [2.45, 2.75) is 13.0 Å². The van der Waals surface area contributed by atoms with Crippen molar-refractivity contribution in [3.8, 4) is 5.75 Å². The molecule has 0 saturated carbocycles. The Labute approximate surface area is 126 Å². The zero-order valence-corrected chi connectivity index (χ0v) is 12.2. The number of carbonyl (C=O) groups excluding carboxylic acids is 1. The van der Waals surface area contributed by atoms with E-state index in [-0.39, 0.29) is 18.6 Å². The zero-order chi connectivity index (χ0) is 14.5. The number of furan rings is 1. The van der Waals surface area contributed by atoms with Gasteiger partial charge in [-0.25, -0.2) is 0 Å². The summed E-state index contributed by atoms with van der Waals surface area (Å²) in [5.74, 6) is 0.782. The fourth-order valence-corrected chi connectivity index (χ4v) is 1.98. The summed E-state index contributed by atoms with van der Waals surface area (Å²) in [6.45, 7) is 1.67. The quantitative estimate of drug-likeness (QED) is 0.912. The number of carbonyl (C=O) groups is 1. The van der Waals surface area contributed by atoms with E-state index < -0.39 is 0 Å². The Morgan fingerprint density at radius 1 is 1.35 bits per heavy atom. The first-order chi connectivity index (χ1) is 9.58. The molecule has 0 aliphatic heterocycles. The number of hydrogen-bond donors (Lipinski definition) is 1. The highest BCUT2D eigenvalue weighted by Gasteiger charge is 2.13. The molecule has 1 N–H and O–H groups in total. The first-order valence-corrected chi connectivity index (χ1v) is 6.73. The number of ether oxygens (including phenoxy) is 1. The first-order valence-electron chi connectivity index (χ1n) is 5.97. The summed E-state index contributed by atoms with van der Waals surface area (Å²) in [6.07, 6.45) is 1.56. The van der Waals surface area contributed by atoms with E-state index in [0.717, 1.165) is 0 Å². The molecule has 0 aliphatic rings. The molecule has 4 nitrogen and oxygen atoms in total. The van der Waals surface area contributed by atoms with Crippen LogP contribution in [0.2, 0.25) is 10.0 Å². The Morgan fingerprint density at radius 3 is 2.85 bits per heavy atom. The van der Waals surface area contributed by atoms with E-state index in [1.165, 1.54) is 0 Å². The molecule has 0 unspecified atom stereocenters. The van der Waals surface area contributed by atoms with Crippen LogP contribution < -0.4 is 10.1 Å². The van der Waals surface area contributed by atoms with Gasteiger partial charge in [0.2, 0.25) is 0 Å². The average molecular weight is 314 g/mol. The summed E-state index contributed by atoms with van der Waals surface area (Å²) in [6, 6.07) is 8.33. The second-order valence-electron chi connectivity index (χ2n) is 4.15. The third-order valence-corrected chi connectivity index (χ3v) is 3.42. The number of benzene rings is 1. The summed E-state index contributed by atoms with van der Waals surface area (Å²) in [7, 11) is 0. The number of nitrogens with one attached hydrogen (secondary N) is 1. The van der Waals surface area contributed by atoms with E-state index in [9.17, 15) is 4.79 Å². The lowest BCUT2D eigenvalue weighted by Crippen LogP contribution is -2.31. The van der Waals surface area contributed by atoms with Crippen LogP contribution in [-0.2, 0) is 4.79 Å². The Hall–Kier alpha value is -1.65. The van der Waals surface area contributed by atoms with Crippen molar-refractivity contribution in [1.29, 1.82) is 0 Å². The predicted octanol–water partition coefficient (Wildman–Crippen LogP) is 3.84. The number of hydrogen-bond acceptors (Lipinski definition) is 3. The van der Waals surface area contributed by atoms with E-state index in [1.54, 1.807) is 36.6 Å². The highest BCUT2D eigenvalue weighted by molar-refractivity contribution is 6.42. The van der Waals surface area contributed by atoms with Crippen molar-refractivity contribution in [2.24, 2.45) is 0 Å². The van der Waals surface area contributed by atoms with Crippen LogP contribution in [0.1, 0.15) is 18.7 Å². The molecule has 0 spiro atoms. The van der Waals surface area contributed by atoms with Gasteiger partial charge in [-0.1, -0.05) is 29.3 Å². The lowest BCUT2D eigenvalue weighted by molar-refractivity contribution is -0.123. The molecule has 0 bridgehead atoms. The van der Waals surface area contributed by atoms with E-state index in [4.69, 9.17) is 32.4 Å². The average Bonchev–Trinajstić information content (AvgIpc) is 2.94. The normalized spacial score (nSPS) is 11.9. The summed E-state index contributed by atoms with van der Waals surface area (Å²) < 4.78 is 10.5. The van der Waals surface area contributed by atoms with Crippen molar-refractivity contribution >= 4 is 29.1 Å². The molecule has 20 heavy (non-hydrogen) atoms. The Balaban J connectivity index is 1.88. The van der Waals surface area contributed by atoms with Gasteiger partial charge in [0.25, 0.3) is 5.91 Å². The SMILES string of the molecule is C[C@@H](NC(=O)COc1cccc(Cl)c1Cl)c1ccco1.